The standard InChI is InChI=1S/C18H26N4O3/c1-18(2,3)25-17(24)20(4)14-12-22(16(19)21(5)15(14)23)11-13-9-7-6-8-10-13/h6-10,14,19H,11-12H2,1-5H3. The number of hydrogen-bond donors (Lipinski definition) is 1. The zero-order valence-electron chi connectivity index (χ0n) is 15.4. The Labute approximate surface area is 148 Å². The summed E-state index contributed by atoms with van der Waals surface area (Å²) in [7, 11) is 3.11. The molecule has 25 heavy (non-hydrogen) atoms. The molecule has 136 valence electrons. The second-order valence-corrected chi connectivity index (χ2v) is 7.19. The number of carbonyl (C=O) groups is 2. The van der Waals surface area contributed by atoms with Crippen LogP contribution in [0.3, 0.4) is 0 Å². The van der Waals surface area contributed by atoms with Crippen LogP contribution in [-0.2, 0) is 16.1 Å². The van der Waals surface area contributed by atoms with Crippen LogP contribution in [0.4, 0.5) is 4.79 Å². The van der Waals surface area contributed by atoms with Gasteiger partial charge in [-0.1, -0.05) is 30.3 Å². The molecule has 1 unspecified atom stereocenters. The SMILES string of the molecule is CN1C(=N)N(Cc2ccccc2)CC(N(C)C(=O)OC(C)(C)C)C1=O. The second-order valence-electron chi connectivity index (χ2n) is 7.19. The quantitative estimate of drug-likeness (QED) is 0.909. The molecule has 0 saturated carbocycles. The first-order valence-electron chi connectivity index (χ1n) is 8.21. The van der Waals surface area contributed by atoms with E-state index < -0.39 is 17.7 Å². The molecule has 1 aliphatic heterocycles. The van der Waals surface area contributed by atoms with Crippen molar-refractivity contribution < 1.29 is 14.3 Å². The lowest BCUT2D eigenvalue weighted by atomic mass is 10.1. The predicted octanol–water partition coefficient (Wildman–Crippen LogP) is 2.13. The third kappa shape index (κ3) is 4.49. The monoisotopic (exact) mass is 346 g/mol. The van der Waals surface area contributed by atoms with Gasteiger partial charge in [-0.2, -0.15) is 0 Å². The smallest absolute Gasteiger partial charge is 0.410 e. The molecule has 7 heteroatoms. The van der Waals surface area contributed by atoms with Crippen LogP contribution in [0.1, 0.15) is 26.3 Å². The van der Waals surface area contributed by atoms with Crippen molar-refractivity contribution in [2.75, 3.05) is 20.6 Å². The predicted molar refractivity (Wildman–Crippen MR) is 95.1 cm³/mol. The molecular formula is C18H26N4O3. The normalized spacial score (nSPS) is 18.4. The van der Waals surface area contributed by atoms with Gasteiger partial charge in [-0.3, -0.25) is 20.0 Å². The van der Waals surface area contributed by atoms with Crippen LogP contribution in [0.2, 0.25) is 0 Å². The number of nitrogens with one attached hydrogen (secondary N) is 1. The van der Waals surface area contributed by atoms with Crippen molar-refractivity contribution in [2.24, 2.45) is 0 Å². The van der Waals surface area contributed by atoms with Crippen LogP contribution >= 0.6 is 0 Å². The number of likely N-dealkylation sites (N-methyl/N-ethyl adjacent to an activating group) is 2. The fraction of sp³-hybridized carbons (Fsp3) is 0.500. The first-order chi connectivity index (χ1) is 11.6. The number of rotatable bonds is 3. The van der Waals surface area contributed by atoms with Crippen LogP contribution in [0.25, 0.3) is 0 Å². The van der Waals surface area contributed by atoms with E-state index in [0.29, 0.717) is 6.54 Å². The fourth-order valence-electron chi connectivity index (χ4n) is 2.61. The highest BCUT2D eigenvalue weighted by Crippen LogP contribution is 2.18. The largest absolute Gasteiger partial charge is 0.444 e. The molecule has 1 aromatic rings. The van der Waals surface area contributed by atoms with E-state index in [1.54, 1.807) is 39.8 Å². The molecule has 1 atom stereocenters. The van der Waals surface area contributed by atoms with Gasteiger partial charge in [-0.05, 0) is 26.3 Å². The van der Waals surface area contributed by atoms with E-state index in [9.17, 15) is 9.59 Å². The van der Waals surface area contributed by atoms with Gasteiger partial charge in [0.25, 0.3) is 5.91 Å². The number of benzene rings is 1. The van der Waals surface area contributed by atoms with Gasteiger partial charge in [-0.15, -0.1) is 0 Å². The van der Waals surface area contributed by atoms with Gasteiger partial charge in [0, 0.05) is 20.6 Å². The van der Waals surface area contributed by atoms with E-state index in [2.05, 4.69) is 0 Å². The topological polar surface area (TPSA) is 76.9 Å². The Hall–Kier alpha value is -2.57. The number of hydrogen-bond acceptors (Lipinski definition) is 4. The van der Waals surface area contributed by atoms with Crippen LogP contribution in [-0.4, -0.2) is 64.9 Å². The summed E-state index contributed by atoms with van der Waals surface area (Å²) in [5, 5.41) is 8.21. The van der Waals surface area contributed by atoms with Gasteiger partial charge in [-0.25, -0.2) is 4.79 Å². The average molecular weight is 346 g/mol. The summed E-state index contributed by atoms with van der Waals surface area (Å²) in [5.74, 6) is -0.162. The zero-order valence-corrected chi connectivity index (χ0v) is 15.4. The number of carbonyl (C=O) groups excluding carboxylic acids is 2. The van der Waals surface area contributed by atoms with E-state index in [1.165, 1.54) is 9.80 Å². The molecule has 2 amide bonds. The summed E-state index contributed by atoms with van der Waals surface area (Å²) in [6.45, 7) is 6.10. The maximum Gasteiger partial charge on any atom is 0.410 e. The molecule has 1 N–H and O–H groups in total. The lowest BCUT2D eigenvalue weighted by molar-refractivity contribution is -0.134. The molecule has 1 saturated heterocycles. The van der Waals surface area contributed by atoms with Crippen LogP contribution in [0, 0.1) is 5.41 Å². The molecule has 7 nitrogen and oxygen atoms in total. The van der Waals surface area contributed by atoms with Crippen molar-refractivity contribution >= 4 is 18.0 Å². The molecule has 1 aliphatic rings. The molecule has 2 rings (SSSR count). The maximum atomic E-state index is 12.6. The molecule has 0 spiro atoms. The highest BCUT2D eigenvalue weighted by molar-refractivity contribution is 6.01. The summed E-state index contributed by atoms with van der Waals surface area (Å²) >= 11 is 0. The van der Waals surface area contributed by atoms with Crippen molar-refractivity contribution in [1.82, 2.24) is 14.7 Å². The average Bonchev–Trinajstić information content (AvgIpc) is 2.54. The third-order valence-corrected chi connectivity index (χ3v) is 3.99. The van der Waals surface area contributed by atoms with Gasteiger partial charge in [0.15, 0.2) is 0 Å². The Kier molecular flexibility index (Phi) is 5.35. The molecule has 0 bridgehead atoms. The molecule has 1 heterocycles. The Bertz CT molecular complexity index is 654. The van der Waals surface area contributed by atoms with E-state index in [1.807, 2.05) is 30.3 Å². The molecular weight excluding hydrogens is 320 g/mol. The minimum absolute atomic E-state index is 0.127. The summed E-state index contributed by atoms with van der Waals surface area (Å²) in [6, 6.07) is 9.04. The molecule has 0 aromatic heterocycles. The molecule has 1 fully saturated rings. The van der Waals surface area contributed by atoms with Gasteiger partial charge in [0.1, 0.15) is 11.6 Å². The van der Waals surface area contributed by atoms with Crippen LogP contribution in [0.5, 0.6) is 0 Å². The Morgan fingerprint density at radius 2 is 1.92 bits per heavy atom. The minimum Gasteiger partial charge on any atom is -0.444 e. The highest BCUT2D eigenvalue weighted by Gasteiger charge is 2.39. The van der Waals surface area contributed by atoms with Gasteiger partial charge in [0.05, 0.1) is 6.54 Å². The zero-order chi connectivity index (χ0) is 18.8. The Morgan fingerprint density at radius 1 is 1.32 bits per heavy atom. The van der Waals surface area contributed by atoms with Crippen molar-refractivity contribution in [1.29, 1.82) is 5.41 Å². The van der Waals surface area contributed by atoms with Crippen molar-refractivity contribution in [3.8, 4) is 0 Å². The third-order valence-electron chi connectivity index (χ3n) is 3.99. The summed E-state index contributed by atoms with van der Waals surface area (Å²) < 4.78 is 5.36. The summed E-state index contributed by atoms with van der Waals surface area (Å²) in [6.07, 6.45) is -0.549. The first-order valence-corrected chi connectivity index (χ1v) is 8.21. The van der Waals surface area contributed by atoms with Gasteiger partial charge < -0.3 is 9.64 Å². The van der Waals surface area contributed by atoms with Crippen LogP contribution in [0.15, 0.2) is 30.3 Å². The first kappa shape index (κ1) is 18.8. The number of guanidine groups is 1. The van der Waals surface area contributed by atoms with E-state index >= 15 is 0 Å². The van der Waals surface area contributed by atoms with Crippen molar-refractivity contribution in [3.05, 3.63) is 35.9 Å². The van der Waals surface area contributed by atoms with Crippen molar-refractivity contribution in [2.45, 2.75) is 39.0 Å². The number of amides is 2. The maximum absolute atomic E-state index is 12.6. The fourth-order valence-corrected chi connectivity index (χ4v) is 2.61. The second kappa shape index (κ2) is 7.13. The lowest BCUT2D eigenvalue weighted by Gasteiger charge is -2.42. The van der Waals surface area contributed by atoms with Crippen LogP contribution < -0.4 is 0 Å². The van der Waals surface area contributed by atoms with Crippen molar-refractivity contribution in [3.63, 3.8) is 0 Å². The molecule has 0 aliphatic carbocycles. The summed E-state index contributed by atoms with van der Waals surface area (Å²) in [5.41, 5.74) is 0.402. The number of ether oxygens (including phenoxy) is 1. The Balaban J connectivity index is 2.16. The Morgan fingerprint density at radius 3 is 2.48 bits per heavy atom. The van der Waals surface area contributed by atoms with Gasteiger partial charge in [0.2, 0.25) is 5.96 Å². The van der Waals surface area contributed by atoms with E-state index in [4.69, 9.17) is 10.1 Å². The molecule has 1 aromatic carbocycles. The van der Waals surface area contributed by atoms with E-state index in [-0.39, 0.29) is 18.4 Å². The minimum atomic E-state index is -0.697. The molecule has 0 radical (unpaired) electrons. The van der Waals surface area contributed by atoms with Gasteiger partial charge >= 0.3 is 6.09 Å². The highest BCUT2D eigenvalue weighted by atomic mass is 16.6. The lowest BCUT2D eigenvalue weighted by Crippen LogP contribution is -2.63. The summed E-state index contributed by atoms with van der Waals surface area (Å²) in [4.78, 5) is 29.2. The van der Waals surface area contributed by atoms with E-state index in [0.717, 1.165) is 5.56 Å². The number of nitrogens with zero attached hydrogens (tertiary/aromatic N) is 3.